The van der Waals surface area contributed by atoms with Crippen molar-refractivity contribution in [3.63, 3.8) is 0 Å². The van der Waals surface area contributed by atoms with Gasteiger partial charge in [0.25, 0.3) is 0 Å². The maximum atomic E-state index is 11.9. The van der Waals surface area contributed by atoms with Crippen molar-refractivity contribution >= 4 is 0 Å². The van der Waals surface area contributed by atoms with Crippen LogP contribution in [0.4, 0.5) is 13.2 Å². The minimum Gasteiger partial charge on any atom is -0.484 e. The smallest absolute Gasteiger partial charge is 0.409 e. The van der Waals surface area contributed by atoms with Crippen molar-refractivity contribution < 1.29 is 51.0 Å². The van der Waals surface area contributed by atoms with Crippen LogP contribution < -0.4 is 5.32 Å². The molecule has 0 aromatic heterocycles. The van der Waals surface area contributed by atoms with E-state index in [1.54, 1.807) is 0 Å². The molecular formula is C8H10F3NOY-2. The molecule has 0 fully saturated rings. The van der Waals surface area contributed by atoms with E-state index >= 15 is 0 Å². The third kappa shape index (κ3) is 7.53. The molecule has 0 spiro atoms. The number of halogens is 3. The van der Waals surface area contributed by atoms with Crippen LogP contribution >= 0.6 is 0 Å². The van der Waals surface area contributed by atoms with Crippen molar-refractivity contribution in [1.82, 2.24) is 5.32 Å². The molecule has 1 unspecified atom stereocenters. The summed E-state index contributed by atoms with van der Waals surface area (Å²) in [6, 6.07) is -2.00. The summed E-state index contributed by atoms with van der Waals surface area (Å²) >= 11 is 0. The number of allylic oxidation sites excluding steroid dienone is 2. The predicted molar refractivity (Wildman–Crippen MR) is 41.4 cm³/mol. The molecule has 0 aliphatic carbocycles. The number of nitrogens with one attached hydrogen (secondary N) is 1. The van der Waals surface area contributed by atoms with Crippen LogP contribution in [-0.2, 0) is 32.7 Å². The van der Waals surface area contributed by atoms with Gasteiger partial charge in [-0.2, -0.15) is 13.2 Å². The van der Waals surface area contributed by atoms with Crippen molar-refractivity contribution in [3.05, 3.63) is 24.4 Å². The maximum Gasteiger partial charge on any atom is 0.409 e. The third-order valence-corrected chi connectivity index (χ3v) is 1.14. The summed E-state index contributed by atoms with van der Waals surface area (Å²) < 4.78 is 35.8. The average molecular weight is 282 g/mol. The summed E-state index contributed by atoms with van der Waals surface area (Å²) in [6.45, 7) is 5.62. The summed E-state index contributed by atoms with van der Waals surface area (Å²) in [6.07, 6.45) is -1.20. The molecule has 2 N–H and O–H groups in total. The molecule has 6 heteroatoms. The monoisotopic (exact) mass is 282 g/mol. The Balaban J connectivity index is 0. The minimum absolute atomic E-state index is 0. The zero-order valence-electron chi connectivity index (χ0n) is 7.60. The van der Waals surface area contributed by atoms with Crippen LogP contribution in [0.25, 0.3) is 0 Å². The number of hydrogen-bond acceptors (Lipinski definition) is 2. The van der Waals surface area contributed by atoms with Crippen LogP contribution in [0, 0.1) is 12.8 Å². The van der Waals surface area contributed by atoms with Gasteiger partial charge < -0.3 is 28.7 Å². The van der Waals surface area contributed by atoms with E-state index in [1.165, 1.54) is 6.92 Å². The van der Waals surface area contributed by atoms with Crippen molar-refractivity contribution in [2.45, 2.75) is 19.1 Å². The second-order valence-corrected chi connectivity index (χ2v) is 2.45. The zero-order valence-corrected chi connectivity index (χ0v) is 10.4. The van der Waals surface area contributed by atoms with Crippen LogP contribution in [0.1, 0.15) is 6.92 Å². The summed E-state index contributed by atoms with van der Waals surface area (Å²) in [7, 11) is 0. The largest absolute Gasteiger partial charge is 0.484 e. The molecule has 0 aliphatic heterocycles. The Morgan fingerprint density at radius 2 is 2.14 bits per heavy atom. The van der Waals surface area contributed by atoms with Gasteiger partial charge in [-0.1, -0.05) is 0 Å². The van der Waals surface area contributed by atoms with Gasteiger partial charge >= 0.3 is 6.18 Å². The van der Waals surface area contributed by atoms with Gasteiger partial charge in [0, 0.05) is 32.7 Å². The second kappa shape index (κ2) is 7.43. The molecule has 0 saturated carbocycles. The Bertz CT molecular complexity index is 203. The Morgan fingerprint density at radius 1 is 1.64 bits per heavy atom. The summed E-state index contributed by atoms with van der Waals surface area (Å²) in [5, 5.41) is 10.2. The molecule has 79 valence electrons. The molecule has 0 heterocycles. The topological polar surface area (TPSA) is 32.3 Å². The zero-order chi connectivity index (χ0) is 10.5. The predicted octanol–water partition coefficient (Wildman–Crippen LogP) is 1.19. The Labute approximate surface area is 106 Å². The molecule has 0 rings (SSSR count). The first-order valence-electron chi connectivity index (χ1n) is 3.48. The first kappa shape index (κ1) is 16.6. The molecule has 0 amide bonds. The van der Waals surface area contributed by atoms with Crippen LogP contribution in [0.15, 0.2) is 11.6 Å². The van der Waals surface area contributed by atoms with E-state index in [9.17, 15) is 13.2 Å². The fourth-order valence-electron chi connectivity index (χ4n) is 0.487. The Kier molecular flexibility index (Phi) is 8.79. The van der Waals surface area contributed by atoms with E-state index in [2.05, 4.69) is 6.20 Å². The second-order valence-electron chi connectivity index (χ2n) is 2.45. The summed E-state index contributed by atoms with van der Waals surface area (Å²) in [4.78, 5) is 0. The molecule has 1 radical (unpaired) electrons. The van der Waals surface area contributed by atoms with Gasteiger partial charge in [-0.15, -0.1) is 6.92 Å². The molecule has 14 heavy (non-hydrogen) atoms. The molecule has 0 aliphatic rings. The van der Waals surface area contributed by atoms with Crippen LogP contribution in [0.3, 0.4) is 0 Å². The average Bonchev–Trinajstić information content (AvgIpc) is 1.95. The summed E-state index contributed by atoms with van der Waals surface area (Å²) in [5.74, 6) is 0. The van der Waals surface area contributed by atoms with Gasteiger partial charge in [0.2, 0.25) is 0 Å². The fourth-order valence-corrected chi connectivity index (χ4v) is 0.487. The first-order chi connectivity index (χ1) is 5.88. The van der Waals surface area contributed by atoms with E-state index in [0.717, 1.165) is 6.08 Å². The van der Waals surface area contributed by atoms with Gasteiger partial charge in [0.1, 0.15) is 6.04 Å². The molecule has 2 nitrogen and oxygen atoms in total. The van der Waals surface area contributed by atoms with Crippen molar-refractivity contribution in [2.75, 3.05) is 6.61 Å². The van der Waals surface area contributed by atoms with E-state index in [4.69, 9.17) is 11.7 Å². The van der Waals surface area contributed by atoms with E-state index in [0.29, 0.717) is 5.57 Å². The Morgan fingerprint density at radius 3 is 2.43 bits per heavy atom. The van der Waals surface area contributed by atoms with E-state index in [1.807, 2.05) is 5.32 Å². The fraction of sp³-hybridized carbons (Fsp3) is 0.500. The summed E-state index contributed by atoms with van der Waals surface area (Å²) in [5.41, 5.74) is 0.325. The number of rotatable bonds is 4. The SMILES string of the molecule is [CH-]=C(C)C=[C-]NC(CO)C(F)(F)F.[Y]. The number of alkyl halides is 3. The van der Waals surface area contributed by atoms with Crippen molar-refractivity contribution in [2.24, 2.45) is 0 Å². The first-order valence-corrected chi connectivity index (χ1v) is 3.48. The normalized spacial score (nSPS) is 13.5. The van der Waals surface area contributed by atoms with Crippen LogP contribution in [0.5, 0.6) is 0 Å². The van der Waals surface area contributed by atoms with Crippen molar-refractivity contribution in [3.8, 4) is 0 Å². The van der Waals surface area contributed by atoms with Crippen molar-refractivity contribution in [1.29, 1.82) is 0 Å². The molecule has 0 aromatic rings. The molecule has 0 bridgehead atoms. The van der Waals surface area contributed by atoms with Crippen LogP contribution in [-0.4, -0.2) is 23.9 Å². The van der Waals surface area contributed by atoms with E-state index in [-0.39, 0.29) is 32.7 Å². The number of hydrogen-bond donors (Lipinski definition) is 2. The number of aliphatic hydroxyl groups is 1. The van der Waals surface area contributed by atoms with Gasteiger partial charge in [-0.05, 0) is 0 Å². The minimum atomic E-state index is -4.49. The van der Waals surface area contributed by atoms with Crippen LogP contribution in [0.2, 0.25) is 0 Å². The van der Waals surface area contributed by atoms with Gasteiger partial charge in [-0.3, -0.25) is 6.20 Å². The third-order valence-electron chi connectivity index (χ3n) is 1.14. The maximum absolute atomic E-state index is 11.9. The molecular weight excluding hydrogens is 272 g/mol. The number of aliphatic hydroxyl groups excluding tert-OH is 1. The van der Waals surface area contributed by atoms with E-state index < -0.39 is 18.8 Å². The molecule has 0 aromatic carbocycles. The molecule has 1 atom stereocenters. The quantitative estimate of drug-likeness (QED) is 0.461. The molecule has 0 saturated heterocycles. The van der Waals surface area contributed by atoms with Gasteiger partial charge in [-0.25, -0.2) is 0 Å². The Hall–Kier alpha value is 0.134. The van der Waals surface area contributed by atoms with Gasteiger partial charge in [0.15, 0.2) is 0 Å². The van der Waals surface area contributed by atoms with Gasteiger partial charge in [0.05, 0.1) is 6.61 Å². The standard InChI is InChI=1S/C8H10F3NO.Y/c1-6(2)3-4-12-7(5-13)8(9,10)11;/h1,3,7,12-13H,5H2,2H3;/q-2;.